The van der Waals surface area contributed by atoms with Crippen molar-refractivity contribution in [3.05, 3.63) is 35.9 Å². The maximum atomic E-state index is 10.8. The number of carbonyl (C=O) groups excluding carboxylic acids is 1. The Balaban J connectivity index is 2.14. The molecule has 0 radical (unpaired) electrons. The Morgan fingerprint density at radius 3 is 2.64 bits per heavy atom. The van der Waals surface area contributed by atoms with Gasteiger partial charge in [-0.1, -0.05) is 30.3 Å². The van der Waals surface area contributed by atoms with Crippen LogP contribution in [0.2, 0.25) is 0 Å². The first-order valence-electron chi connectivity index (χ1n) is 4.24. The second kappa shape index (κ2) is 3.49. The molecule has 0 bridgehead atoms. The van der Waals surface area contributed by atoms with Gasteiger partial charge >= 0.3 is 5.97 Å². The van der Waals surface area contributed by atoms with Crippen LogP contribution in [0.4, 0.5) is 0 Å². The van der Waals surface area contributed by atoms with Crippen LogP contribution in [-0.2, 0) is 14.3 Å². The first-order valence-corrected chi connectivity index (χ1v) is 4.24. The Bertz CT molecular complexity index is 361. The highest BCUT2D eigenvalue weighted by molar-refractivity contribution is 6.31. The van der Waals surface area contributed by atoms with Crippen molar-refractivity contribution in [3.63, 3.8) is 0 Å². The van der Waals surface area contributed by atoms with Gasteiger partial charge in [0.15, 0.2) is 6.10 Å². The number of esters is 1. The molecule has 2 rings (SSSR count). The fraction of sp³-hybridized carbons (Fsp3) is 0.200. The van der Waals surface area contributed by atoms with Crippen LogP contribution in [0.1, 0.15) is 11.7 Å². The summed E-state index contributed by atoms with van der Waals surface area (Å²) in [6.07, 6.45) is -0.346. The number of cyclic esters (lactones) is 1. The minimum atomic E-state index is -0.697. The average molecular weight is 191 g/mol. The van der Waals surface area contributed by atoms with Gasteiger partial charge in [0, 0.05) is 0 Å². The summed E-state index contributed by atoms with van der Waals surface area (Å²) in [5, 5.41) is 7.18. The lowest BCUT2D eigenvalue weighted by molar-refractivity contribution is -0.146. The summed E-state index contributed by atoms with van der Waals surface area (Å²) < 4.78 is 9.86. The lowest BCUT2D eigenvalue weighted by atomic mass is 10.1. The number of ether oxygens (including phenoxy) is 2. The van der Waals surface area contributed by atoms with Crippen molar-refractivity contribution in [2.45, 2.75) is 6.10 Å². The lowest BCUT2D eigenvalue weighted by Crippen LogP contribution is -2.31. The summed E-state index contributed by atoms with van der Waals surface area (Å²) in [5.41, 5.74) is 0.907. The van der Waals surface area contributed by atoms with E-state index in [1.165, 1.54) is 0 Å². The highest BCUT2D eigenvalue weighted by Gasteiger charge is 2.27. The maximum Gasteiger partial charge on any atom is 0.393 e. The molecule has 72 valence electrons. The highest BCUT2D eigenvalue weighted by atomic mass is 16.6. The van der Waals surface area contributed by atoms with Gasteiger partial charge in [0.05, 0.1) is 0 Å². The number of carbonyl (C=O) groups is 1. The van der Waals surface area contributed by atoms with Crippen LogP contribution in [0.15, 0.2) is 30.3 Å². The van der Waals surface area contributed by atoms with Gasteiger partial charge in [-0.3, -0.25) is 5.41 Å². The van der Waals surface area contributed by atoms with Gasteiger partial charge < -0.3 is 9.47 Å². The largest absolute Gasteiger partial charge is 0.461 e. The molecule has 0 aliphatic carbocycles. The zero-order valence-electron chi connectivity index (χ0n) is 7.40. The third-order valence-electron chi connectivity index (χ3n) is 1.98. The molecule has 1 N–H and O–H groups in total. The van der Waals surface area contributed by atoms with E-state index in [2.05, 4.69) is 0 Å². The quantitative estimate of drug-likeness (QED) is 0.680. The molecule has 1 aliphatic heterocycles. The van der Waals surface area contributed by atoms with Crippen LogP contribution in [0.5, 0.6) is 0 Å². The van der Waals surface area contributed by atoms with E-state index in [1.54, 1.807) is 0 Å². The van der Waals surface area contributed by atoms with Crippen molar-refractivity contribution < 1.29 is 14.3 Å². The van der Waals surface area contributed by atoms with E-state index in [9.17, 15) is 4.79 Å². The molecule has 1 aliphatic rings. The molecule has 1 aromatic rings. The monoisotopic (exact) mass is 191 g/mol. The minimum absolute atomic E-state index is 0.172. The van der Waals surface area contributed by atoms with Crippen LogP contribution in [-0.4, -0.2) is 18.5 Å². The Morgan fingerprint density at radius 2 is 2.00 bits per heavy atom. The van der Waals surface area contributed by atoms with Crippen LogP contribution in [0.3, 0.4) is 0 Å². The predicted molar refractivity (Wildman–Crippen MR) is 49.0 cm³/mol. The van der Waals surface area contributed by atoms with Crippen molar-refractivity contribution in [1.82, 2.24) is 0 Å². The number of hydrogen-bond donors (Lipinski definition) is 1. The molecule has 14 heavy (non-hydrogen) atoms. The number of rotatable bonds is 1. The van der Waals surface area contributed by atoms with Gasteiger partial charge in [0.2, 0.25) is 0 Å². The molecule has 1 fully saturated rings. The molecule has 1 unspecified atom stereocenters. The third kappa shape index (κ3) is 1.59. The van der Waals surface area contributed by atoms with Gasteiger partial charge in [0.1, 0.15) is 6.61 Å². The normalized spacial score (nSPS) is 21.3. The fourth-order valence-electron chi connectivity index (χ4n) is 1.27. The molecule has 1 aromatic carbocycles. The third-order valence-corrected chi connectivity index (χ3v) is 1.98. The number of nitrogens with one attached hydrogen (secondary N) is 1. The van der Waals surface area contributed by atoms with Crippen molar-refractivity contribution in [2.75, 3.05) is 6.61 Å². The average Bonchev–Trinajstić information content (AvgIpc) is 2.23. The second-order valence-electron chi connectivity index (χ2n) is 2.94. The zero-order chi connectivity index (χ0) is 9.97. The Morgan fingerprint density at radius 1 is 1.29 bits per heavy atom. The van der Waals surface area contributed by atoms with Crippen molar-refractivity contribution in [3.8, 4) is 0 Å². The van der Waals surface area contributed by atoms with Crippen molar-refractivity contribution in [2.24, 2.45) is 0 Å². The molecule has 4 nitrogen and oxygen atoms in total. The van der Waals surface area contributed by atoms with Crippen molar-refractivity contribution in [1.29, 1.82) is 5.41 Å². The molecule has 0 spiro atoms. The highest BCUT2D eigenvalue weighted by Crippen LogP contribution is 2.21. The van der Waals surface area contributed by atoms with E-state index in [0.717, 1.165) is 5.56 Å². The lowest BCUT2D eigenvalue weighted by Gasteiger charge is -2.23. The number of benzene rings is 1. The zero-order valence-corrected chi connectivity index (χ0v) is 7.40. The molecule has 4 heteroatoms. The SMILES string of the molecule is N=C1OC(c2ccccc2)COC1=O. The Hall–Kier alpha value is -1.84. The molecular formula is C10H9NO3. The van der Waals surface area contributed by atoms with Gasteiger partial charge in [-0.2, -0.15) is 0 Å². The maximum absolute atomic E-state index is 10.8. The summed E-state index contributed by atoms with van der Waals surface area (Å²) >= 11 is 0. The molecule has 0 aromatic heterocycles. The molecule has 0 saturated carbocycles. The molecule has 1 atom stereocenters. The summed E-state index contributed by atoms with van der Waals surface area (Å²) in [5.74, 6) is -1.12. The van der Waals surface area contributed by atoms with Gasteiger partial charge in [-0.05, 0) is 5.56 Å². The molecule has 0 amide bonds. The summed E-state index contributed by atoms with van der Waals surface area (Å²) in [6, 6.07) is 9.38. The predicted octanol–water partition coefficient (Wildman–Crippen LogP) is 1.28. The first-order chi connectivity index (χ1) is 6.77. The summed E-state index contributed by atoms with van der Waals surface area (Å²) in [6.45, 7) is 0.172. The molecule has 1 heterocycles. The van der Waals surface area contributed by atoms with Crippen LogP contribution >= 0.6 is 0 Å². The van der Waals surface area contributed by atoms with E-state index < -0.39 is 11.9 Å². The molecular weight excluding hydrogens is 182 g/mol. The van der Waals surface area contributed by atoms with Gasteiger partial charge in [0.25, 0.3) is 5.90 Å². The number of hydrogen-bond acceptors (Lipinski definition) is 4. The van der Waals surface area contributed by atoms with Gasteiger partial charge in [-0.25, -0.2) is 4.79 Å². The van der Waals surface area contributed by atoms with E-state index >= 15 is 0 Å². The first kappa shape index (κ1) is 8.74. The van der Waals surface area contributed by atoms with E-state index in [0.29, 0.717) is 0 Å². The minimum Gasteiger partial charge on any atom is -0.461 e. The summed E-state index contributed by atoms with van der Waals surface area (Å²) in [7, 11) is 0. The standard InChI is InChI=1S/C10H9NO3/c11-9-10(12)13-6-8(14-9)7-4-2-1-3-5-7/h1-5,8,11H,6H2. The second-order valence-corrected chi connectivity index (χ2v) is 2.94. The van der Waals surface area contributed by atoms with Crippen molar-refractivity contribution >= 4 is 11.9 Å². The van der Waals surface area contributed by atoms with Crippen LogP contribution in [0.25, 0.3) is 0 Å². The topological polar surface area (TPSA) is 59.4 Å². The molecule has 1 saturated heterocycles. The Kier molecular flexibility index (Phi) is 2.18. The summed E-state index contributed by atoms with van der Waals surface area (Å²) in [4.78, 5) is 10.8. The van der Waals surface area contributed by atoms with Crippen LogP contribution in [0, 0.1) is 5.41 Å². The van der Waals surface area contributed by atoms with E-state index in [1.807, 2.05) is 30.3 Å². The van der Waals surface area contributed by atoms with Crippen LogP contribution < -0.4 is 0 Å². The van der Waals surface area contributed by atoms with E-state index in [-0.39, 0.29) is 12.7 Å². The Labute approximate surface area is 81.0 Å². The van der Waals surface area contributed by atoms with E-state index in [4.69, 9.17) is 14.9 Å². The van der Waals surface area contributed by atoms with Gasteiger partial charge in [-0.15, -0.1) is 0 Å². The fourth-order valence-corrected chi connectivity index (χ4v) is 1.27. The smallest absolute Gasteiger partial charge is 0.393 e.